The molecular formula is C25H18N4O. The number of nitrogens with one attached hydrogen (secondary N) is 1. The maximum absolute atomic E-state index is 13.7. The Labute approximate surface area is 173 Å². The summed E-state index contributed by atoms with van der Waals surface area (Å²) in [6, 6.07) is 28.8. The normalized spacial score (nSPS) is 10.8. The van der Waals surface area contributed by atoms with Crippen molar-refractivity contribution >= 4 is 28.4 Å². The van der Waals surface area contributed by atoms with Crippen molar-refractivity contribution in [1.29, 1.82) is 0 Å². The zero-order valence-electron chi connectivity index (χ0n) is 16.1. The number of para-hydroxylation sites is 2. The third kappa shape index (κ3) is 3.22. The molecule has 0 spiro atoms. The summed E-state index contributed by atoms with van der Waals surface area (Å²) in [4.78, 5) is 27.6. The molecule has 5 aromatic rings. The third-order valence-corrected chi connectivity index (χ3v) is 4.96. The predicted octanol–water partition coefficient (Wildman–Crippen LogP) is 5.60. The maximum atomic E-state index is 13.7. The van der Waals surface area contributed by atoms with Crippen LogP contribution in [0.15, 0.2) is 103 Å². The highest BCUT2D eigenvalue weighted by molar-refractivity contribution is 6.16. The number of amides is 1. The van der Waals surface area contributed by atoms with Crippen molar-refractivity contribution in [3.8, 4) is 11.3 Å². The number of hydrogen-bond donors (Lipinski definition) is 1. The Morgan fingerprint density at radius 1 is 0.767 bits per heavy atom. The van der Waals surface area contributed by atoms with Crippen molar-refractivity contribution in [2.75, 3.05) is 4.90 Å². The Morgan fingerprint density at radius 3 is 2.27 bits per heavy atom. The van der Waals surface area contributed by atoms with Crippen LogP contribution in [0.5, 0.6) is 0 Å². The van der Waals surface area contributed by atoms with E-state index in [9.17, 15) is 4.79 Å². The van der Waals surface area contributed by atoms with Crippen molar-refractivity contribution in [3.05, 3.63) is 109 Å². The molecule has 30 heavy (non-hydrogen) atoms. The van der Waals surface area contributed by atoms with Gasteiger partial charge in [-0.3, -0.25) is 9.78 Å². The molecule has 0 radical (unpaired) electrons. The summed E-state index contributed by atoms with van der Waals surface area (Å²) in [5, 5.41) is 0.806. The van der Waals surface area contributed by atoms with Crippen LogP contribution < -0.4 is 4.90 Å². The number of pyridine rings is 1. The summed E-state index contributed by atoms with van der Waals surface area (Å²) in [6.07, 6.45) is 3.41. The van der Waals surface area contributed by atoms with Crippen molar-refractivity contribution in [2.24, 2.45) is 0 Å². The smallest absolute Gasteiger partial charge is 0.265 e. The van der Waals surface area contributed by atoms with Crippen LogP contribution in [0.3, 0.4) is 0 Å². The summed E-state index contributed by atoms with van der Waals surface area (Å²) in [5.74, 6) is 0.291. The molecule has 0 aliphatic heterocycles. The number of fused-ring (bicyclic) bond motifs is 1. The number of aromatic amines is 1. The zero-order valence-corrected chi connectivity index (χ0v) is 16.1. The van der Waals surface area contributed by atoms with E-state index < -0.39 is 0 Å². The minimum atomic E-state index is -0.172. The molecule has 2 heterocycles. The van der Waals surface area contributed by atoms with Crippen LogP contribution in [0, 0.1) is 0 Å². The zero-order chi connectivity index (χ0) is 20.3. The Kier molecular flexibility index (Phi) is 4.54. The van der Waals surface area contributed by atoms with Crippen LogP contribution in [0.25, 0.3) is 22.2 Å². The molecule has 0 atom stereocenters. The van der Waals surface area contributed by atoms with E-state index >= 15 is 0 Å². The average Bonchev–Trinajstić information content (AvgIpc) is 3.30. The number of H-pyrrole nitrogens is 1. The molecule has 5 nitrogen and oxygen atoms in total. The van der Waals surface area contributed by atoms with Crippen LogP contribution in [0.1, 0.15) is 10.4 Å². The number of benzene rings is 3. The molecule has 0 unspecified atom stereocenters. The molecule has 2 aromatic heterocycles. The highest BCUT2D eigenvalue weighted by Gasteiger charge is 2.24. The van der Waals surface area contributed by atoms with Gasteiger partial charge in [0.05, 0.1) is 28.7 Å². The lowest BCUT2D eigenvalue weighted by Crippen LogP contribution is -2.27. The Morgan fingerprint density at radius 2 is 1.47 bits per heavy atom. The predicted molar refractivity (Wildman–Crippen MR) is 119 cm³/mol. The summed E-state index contributed by atoms with van der Waals surface area (Å²) in [6.45, 7) is 0. The quantitative estimate of drug-likeness (QED) is 0.434. The number of hydrogen-bond acceptors (Lipinski definition) is 3. The SMILES string of the molecule is O=C(c1ccnc2ccccc12)N(c1ccccc1)c1ncc(-c2ccccc2)[nH]1. The number of rotatable bonds is 4. The van der Waals surface area contributed by atoms with E-state index in [1.165, 1.54) is 0 Å². The minimum Gasteiger partial charge on any atom is -0.323 e. The fraction of sp³-hybridized carbons (Fsp3) is 0. The molecule has 144 valence electrons. The molecule has 0 bridgehead atoms. The Balaban J connectivity index is 1.63. The summed E-state index contributed by atoms with van der Waals surface area (Å²) in [5.41, 5.74) is 3.94. The van der Waals surface area contributed by atoms with Crippen molar-refractivity contribution in [2.45, 2.75) is 0 Å². The molecule has 0 fully saturated rings. The van der Waals surface area contributed by atoms with Gasteiger partial charge in [0.25, 0.3) is 5.91 Å². The van der Waals surface area contributed by atoms with Crippen LogP contribution in [0.2, 0.25) is 0 Å². The molecule has 0 saturated carbocycles. The van der Waals surface area contributed by atoms with E-state index in [2.05, 4.69) is 15.0 Å². The molecule has 5 heteroatoms. The number of anilines is 2. The second-order valence-corrected chi connectivity index (χ2v) is 6.84. The second kappa shape index (κ2) is 7.64. The molecule has 0 aliphatic carbocycles. The standard InChI is InChI=1S/C25H18N4O/c30-24(21-15-16-26-22-14-8-7-13-20(21)22)29(19-11-5-2-6-12-19)25-27-17-23(28-25)18-9-3-1-4-10-18/h1-17H,(H,27,28). The Bertz CT molecular complexity index is 1310. The van der Waals surface area contributed by atoms with Crippen molar-refractivity contribution in [3.63, 3.8) is 0 Å². The highest BCUT2D eigenvalue weighted by atomic mass is 16.2. The van der Waals surface area contributed by atoms with Crippen molar-refractivity contribution in [1.82, 2.24) is 15.0 Å². The Hall–Kier alpha value is -4.25. The summed E-state index contributed by atoms with van der Waals surface area (Å²) < 4.78 is 0. The first-order chi connectivity index (χ1) is 14.8. The lowest BCUT2D eigenvalue weighted by Gasteiger charge is -2.21. The minimum absolute atomic E-state index is 0.172. The molecule has 5 rings (SSSR count). The fourth-order valence-corrected chi connectivity index (χ4v) is 3.50. The molecule has 3 aromatic carbocycles. The van der Waals surface area contributed by atoms with Gasteiger partial charge < -0.3 is 4.98 Å². The third-order valence-electron chi connectivity index (χ3n) is 4.96. The first-order valence-corrected chi connectivity index (χ1v) is 9.65. The second-order valence-electron chi connectivity index (χ2n) is 6.84. The lowest BCUT2D eigenvalue weighted by atomic mass is 10.1. The average molecular weight is 390 g/mol. The highest BCUT2D eigenvalue weighted by Crippen LogP contribution is 2.29. The maximum Gasteiger partial charge on any atom is 0.265 e. The van der Waals surface area contributed by atoms with E-state index in [1.807, 2.05) is 84.9 Å². The van der Waals surface area contributed by atoms with Gasteiger partial charge in [-0.2, -0.15) is 0 Å². The molecule has 1 N–H and O–H groups in total. The van der Waals surface area contributed by atoms with E-state index in [-0.39, 0.29) is 5.91 Å². The fourth-order valence-electron chi connectivity index (χ4n) is 3.50. The van der Waals surface area contributed by atoms with Crippen molar-refractivity contribution < 1.29 is 4.79 Å². The first kappa shape index (κ1) is 17.8. The van der Waals surface area contributed by atoms with Gasteiger partial charge in [-0.05, 0) is 29.8 Å². The topological polar surface area (TPSA) is 61.9 Å². The van der Waals surface area contributed by atoms with Gasteiger partial charge in [-0.15, -0.1) is 0 Å². The van der Waals surface area contributed by atoms with E-state index in [1.54, 1.807) is 23.4 Å². The van der Waals surface area contributed by atoms with Gasteiger partial charge >= 0.3 is 0 Å². The largest absolute Gasteiger partial charge is 0.323 e. The number of nitrogens with zero attached hydrogens (tertiary/aromatic N) is 3. The van der Waals surface area contributed by atoms with E-state index in [0.717, 1.165) is 27.8 Å². The monoisotopic (exact) mass is 390 g/mol. The van der Waals surface area contributed by atoms with Gasteiger partial charge in [0.1, 0.15) is 0 Å². The molecule has 1 amide bonds. The molecule has 0 aliphatic rings. The van der Waals surface area contributed by atoms with Gasteiger partial charge in [-0.25, -0.2) is 9.88 Å². The van der Waals surface area contributed by atoms with Crippen LogP contribution in [-0.2, 0) is 0 Å². The van der Waals surface area contributed by atoms with Gasteiger partial charge in [0.2, 0.25) is 5.95 Å². The van der Waals surface area contributed by atoms with Gasteiger partial charge in [-0.1, -0.05) is 66.7 Å². The molecule has 0 saturated heterocycles. The summed E-state index contributed by atoms with van der Waals surface area (Å²) in [7, 11) is 0. The van der Waals surface area contributed by atoms with Crippen LogP contribution in [-0.4, -0.2) is 20.9 Å². The summed E-state index contributed by atoms with van der Waals surface area (Å²) >= 11 is 0. The van der Waals surface area contributed by atoms with Gasteiger partial charge in [0, 0.05) is 11.6 Å². The number of carbonyl (C=O) groups excluding carboxylic acids is 1. The van der Waals surface area contributed by atoms with Crippen LogP contribution >= 0.6 is 0 Å². The first-order valence-electron chi connectivity index (χ1n) is 9.65. The lowest BCUT2D eigenvalue weighted by molar-refractivity contribution is 0.0999. The molecular weight excluding hydrogens is 372 g/mol. The number of imidazole rings is 1. The van der Waals surface area contributed by atoms with Crippen LogP contribution in [0.4, 0.5) is 11.6 Å². The number of carbonyl (C=O) groups is 1. The van der Waals surface area contributed by atoms with Gasteiger partial charge in [0.15, 0.2) is 0 Å². The van der Waals surface area contributed by atoms with E-state index in [0.29, 0.717) is 11.5 Å². The van der Waals surface area contributed by atoms with E-state index in [4.69, 9.17) is 0 Å². The number of aromatic nitrogens is 3.